The molecule has 4 amide bonds. The second kappa shape index (κ2) is 12.5. The zero-order valence-corrected chi connectivity index (χ0v) is 25.3. The van der Waals surface area contributed by atoms with Crippen LogP contribution in [-0.2, 0) is 29.1 Å². The molecule has 2 atom stereocenters. The molecule has 3 aromatic carbocycles. The van der Waals surface area contributed by atoms with E-state index in [2.05, 4.69) is 16.9 Å². The van der Waals surface area contributed by atoms with Gasteiger partial charge in [-0.3, -0.25) is 14.6 Å². The quantitative estimate of drug-likeness (QED) is 0.125. The summed E-state index contributed by atoms with van der Waals surface area (Å²) in [6.45, 7) is 4.60. The molecule has 0 unspecified atom stereocenters. The maximum Gasteiger partial charge on any atom is 0.332 e. The Bertz CT molecular complexity index is 1760. The van der Waals surface area contributed by atoms with Gasteiger partial charge in [0.05, 0.1) is 35.5 Å². The zero-order chi connectivity index (χ0) is 31.7. The number of benzene rings is 3. The molecule has 2 aliphatic heterocycles. The number of aromatic hydroxyl groups is 1. The van der Waals surface area contributed by atoms with Crippen molar-refractivity contribution in [3.8, 4) is 5.75 Å². The zero-order valence-electron chi connectivity index (χ0n) is 24.5. The van der Waals surface area contributed by atoms with Gasteiger partial charge in [0, 0.05) is 19.5 Å². The minimum Gasteiger partial charge on any atom is -0.506 e. The molecule has 1 aromatic heterocycles. The van der Waals surface area contributed by atoms with Crippen LogP contribution in [0, 0.1) is 0 Å². The summed E-state index contributed by atoms with van der Waals surface area (Å²) in [5, 5.41) is 16.5. The van der Waals surface area contributed by atoms with E-state index < -0.39 is 12.2 Å². The van der Waals surface area contributed by atoms with Crippen molar-refractivity contribution in [2.45, 2.75) is 31.7 Å². The molecule has 0 bridgehead atoms. The fourth-order valence-electron chi connectivity index (χ4n) is 5.99. The molecule has 2 saturated heterocycles. The first-order valence-corrected chi connectivity index (χ1v) is 15.3. The first kappa shape index (κ1) is 29.9. The molecule has 12 nitrogen and oxygen atoms in total. The van der Waals surface area contributed by atoms with Gasteiger partial charge in [0.25, 0.3) is 0 Å². The second-order valence-corrected chi connectivity index (χ2v) is 12.1. The lowest BCUT2D eigenvalue weighted by Crippen LogP contribution is -2.66. The lowest BCUT2D eigenvalue weighted by molar-refractivity contribution is -0.157. The van der Waals surface area contributed by atoms with Crippen LogP contribution in [-0.4, -0.2) is 79.6 Å². The van der Waals surface area contributed by atoms with Gasteiger partial charge in [-0.25, -0.2) is 9.78 Å². The van der Waals surface area contributed by atoms with Crippen molar-refractivity contribution in [2.24, 2.45) is 0 Å². The van der Waals surface area contributed by atoms with Crippen molar-refractivity contribution in [2.75, 3.05) is 31.1 Å². The van der Waals surface area contributed by atoms with Crippen molar-refractivity contribution in [3.05, 3.63) is 96.1 Å². The van der Waals surface area contributed by atoms with Crippen LogP contribution in [0.25, 0.3) is 10.2 Å². The van der Waals surface area contributed by atoms with Gasteiger partial charge in [-0.2, -0.15) is 5.01 Å². The normalized spacial score (nSPS) is 18.3. The first-order chi connectivity index (χ1) is 21.7. The maximum absolute atomic E-state index is 14.2. The molecular weight excluding hydrogens is 592 g/mol. The second-order valence-electron chi connectivity index (χ2n) is 11.0. The molecule has 232 valence electrons. The number of phenolic OH excluding ortho intramolecular Hbond substituents is 1. The van der Waals surface area contributed by atoms with Crippen LogP contribution in [0.1, 0.15) is 16.7 Å². The van der Waals surface area contributed by atoms with Gasteiger partial charge in [0.2, 0.25) is 11.8 Å². The number of rotatable bonds is 9. The number of urea groups is 1. The minimum atomic E-state index is -0.872. The van der Waals surface area contributed by atoms with E-state index in [0.29, 0.717) is 17.2 Å². The Morgan fingerprint density at radius 1 is 1.11 bits per heavy atom. The highest BCUT2D eigenvalue weighted by Crippen LogP contribution is 2.33. The number of nitrogen functional groups attached to an aromatic ring is 2. The number of carbonyl (C=O) groups is 3. The number of amides is 4. The van der Waals surface area contributed by atoms with Gasteiger partial charge < -0.3 is 31.7 Å². The number of nitrogens with zero attached hydrogens (tertiary/aromatic N) is 5. The Balaban J connectivity index is 1.33. The fourth-order valence-corrected chi connectivity index (χ4v) is 6.77. The molecule has 0 radical (unpaired) electrons. The van der Waals surface area contributed by atoms with Crippen molar-refractivity contribution >= 4 is 50.2 Å². The average Bonchev–Trinajstić information content (AvgIpc) is 3.58. The number of hydrogen-bond acceptors (Lipinski definition) is 9. The summed E-state index contributed by atoms with van der Waals surface area (Å²) >= 11 is 1.37. The van der Waals surface area contributed by atoms with Crippen LogP contribution in [0.5, 0.6) is 5.75 Å². The van der Waals surface area contributed by atoms with Crippen LogP contribution in [0.2, 0.25) is 0 Å². The van der Waals surface area contributed by atoms with E-state index in [1.165, 1.54) is 22.4 Å². The summed E-state index contributed by atoms with van der Waals surface area (Å²) in [5.74, 6) is -0.574. The van der Waals surface area contributed by atoms with E-state index in [1.54, 1.807) is 33.0 Å². The summed E-state index contributed by atoms with van der Waals surface area (Å²) in [6.07, 6.45) is 1.15. The third-order valence-corrected chi connectivity index (χ3v) is 8.95. The molecule has 0 aliphatic carbocycles. The number of anilines is 2. The molecule has 6 N–H and O–H groups in total. The minimum absolute atomic E-state index is 0.0612. The maximum atomic E-state index is 14.2. The topological polar surface area (TPSA) is 161 Å². The molecule has 4 aromatic rings. The number of fused-ring (bicyclic) bond motifs is 2. The Morgan fingerprint density at radius 2 is 1.91 bits per heavy atom. The Hall–Kier alpha value is -5.14. The Morgan fingerprint density at radius 3 is 2.67 bits per heavy atom. The van der Waals surface area contributed by atoms with Crippen LogP contribution >= 0.6 is 11.3 Å². The van der Waals surface area contributed by atoms with Gasteiger partial charge in [-0.15, -0.1) is 6.58 Å². The molecule has 0 saturated carbocycles. The highest BCUT2D eigenvalue weighted by Gasteiger charge is 2.52. The van der Waals surface area contributed by atoms with Crippen LogP contribution < -0.4 is 16.8 Å². The fraction of sp³-hybridized carbons (Fsp3) is 0.250. The summed E-state index contributed by atoms with van der Waals surface area (Å²) in [7, 11) is 0. The summed E-state index contributed by atoms with van der Waals surface area (Å²) in [5.41, 5.74) is 15.3. The van der Waals surface area contributed by atoms with Gasteiger partial charge in [0.1, 0.15) is 18.0 Å². The highest BCUT2D eigenvalue weighted by atomic mass is 32.1. The molecular formula is C32H34N8O4S. The number of aromatic nitrogens is 1. The van der Waals surface area contributed by atoms with Crippen molar-refractivity contribution in [3.63, 3.8) is 0 Å². The first-order valence-electron chi connectivity index (χ1n) is 14.5. The van der Waals surface area contributed by atoms with Crippen molar-refractivity contribution < 1.29 is 19.5 Å². The largest absolute Gasteiger partial charge is 0.506 e. The standard InChI is InChI=1S/C32H34N8O4S/c1-2-13-38(32(44)35-16-20-7-4-3-5-8-20)39-19-28(42)40-24(15-21-11-12-25(41)23(33)14-21)30(43)37(18-27(39)40)17-22-9-6-10-26-29(22)36-31(34)45-26/h2-12,14,24,27,41H,1,13,15-19,33H2,(H2,34,36)(H,35,44)/t24-,27+/m0/s1. The SMILES string of the molecule is C=CCN(C(=O)NCc1ccccc1)N1CC(=O)N2[C@@H](Cc3ccc(O)c(N)c3)C(=O)N(Cc3cccc4sc(N)nc34)C[C@@H]21. The number of nitrogens with two attached hydrogens (primary N) is 2. The number of phenols is 1. The van der Waals surface area contributed by atoms with E-state index >= 15 is 0 Å². The van der Waals surface area contributed by atoms with Gasteiger partial charge in [-0.1, -0.05) is 65.9 Å². The van der Waals surface area contributed by atoms with E-state index in [4.69, 9.17) is 11.5 Å². The summed E-state index contributed by atoms with van der Waals surface area (Å²) in [4.78, 5) is 49.2. The Kier molecular flexibility index (Phi) is 8.28. The Labute approximate surface area is 264 Å². The predicted molar refractivity (Wildman–Crippen MR) is 172 cm³/mol. The van der Waals surface area contributed by atoms with E-state index in [1.807, 2.05) is 48.5 Å². The number of thiazole rings is 1. The predicted octanol–water partition coefficient (Wildman–Crippen LogP) is 2.90. The number of piperazine rings is 1. The lowest BCUT2D eigenvalue weighted by Gasteiger charge is -2.46. The van der Waals surface area contributed by atoms with Crippen LogP contribution in [0.4, 0.5) is 15.6 Å². The van der Waals surface area contributed by atoms with E-state index in [9.17, 15) is 19.5 Å². The number of nitrogens with one attached hydrogen (secondary N) is 1. The molecule has 45 heavy (non-hydrogen) atoms. The molecule has 6 rings (SSSR count). The molecule has 3 heterocycles. The molecule has 2 fully saturated rings. The highest BCUT2D eigenvalue weighted by molar-refractivity contribution is 7.22. The van der Waals surface area contributed by atoms with Gasteiger partial charge in [-0.05, 0) is 34.9 Å². The average molecular weight is 627 g/mol. The number of hydrazine groups is 1. The van der Waals surface area contributed by atoms with E-state index in [-0.39, 0.29) is 61.9 Å². The summed E-state index contributed by atoms with van der Waals surface area (Å²) < 4.78 is 0.914. The van der Waals surface area contributed by atoms with Crippen LogP contribution in [0.15, 0.2) is 79.4 Å². The van der Waals surface area contributed by atoms with E-state index in [0.717, 1.165) is 21.3 Å². The molecule has 13 heteroatoms. The smallest absolute Gasteiger partial charge is 0.332 e. The molecule has 0 spiro atoms. The third kappa shape index (κ3) is 5.99. The monoisotopic (exact) mass is 626 g/mol. The van der Waals surface area contributed by atoms with Crippen molar-refractivity contribution in [1.82, 2.24) is 30.1 Å². The number of para-hydroxylation sites is 1. The van der Waals surface area contributed by atoms with Crippen molar-refractivity contribution in [1.29, 1.82) is 0 Å². The van der Waals surface area contributed by atoms with Gasteiger partial charge >= 0.3 is 6.03 Å². The summed E-state index contributed by atoms with van der Waals surface area (Å²) in [6, 6.07) is 18.8. The molecule has 2 aliphatic rings. The van der Waals surface area contributed by atoms with Gasteiger partial charge in [0.15, 0.2) is 5.13 Å². The third-order valence-electron chi connectivity index (χ3n) is 8.10. The number of carbonyl (C=O) groups excluding carboxylic acids is 3. The van der Waals surface area contributed by atoms with Crippen LogP contribution in [0.3, 0.4) is 0 Å². The number of hydrogen-bond donors (Lipinski definition) is 4. The lowest BCUT2D eigenvalue weighted by atomic mass is 9.99.